The Hall–Kier alpha value is -2.16. The molecule has 16 heavy (non-hydrogen) atoms. The van der Waals surface area contributed by atoms with Crippen LogP contribution in [0.1, 0.15) is 12.6 Å². The first-order chi connectivity index (χ1) is 7.68. The van der Waals surface area contributed by atoms with Crippen molar-refractivity contribution in [2.45, 2.75) is 6.92 Å². The number of nitrogens with one attached hydrogen (secondary N) is 1. The van der Waals surface area contributed by atoms with E-state index < -0.39 is 0 Å². The maximum atomic E-state index is 9.70. The van der Waals surface area contributed by atoms with Crippen molar-refractivity contribution in [3.8, 4) is 17.0 Å². The molecule has 0 amide bonds. The van der Waals surface area contributed by atoms with E-state index >= 15 is 0 Å². The van der Waals surface area contributed by atoms with Crippen molar-refractivity contribution in [1.29, 1.82) is 5.41 Å². The molecule has 3 nitrogen and oxygen atoms in total. The third kappa shape index (κ3) is 1.93. The minimum absolute atomic E-state index is 0.204. The fraction of sp³-hybridized carbons (Fsp3) is 0.0769. The van der Waals surface area contributed by atoms with Crippen LogP contribution >= 0.6 is 0 Å². The Labute approximate surface area is 93.9 Å². The van der Waals surface area contributed by atoms with Crippen LogP contribution in [0.25, 0.3) is 11.3 Å². The number of rotatable bonds is 2. The van der Waals surface area contributed by atoms with Crippen molar-refractivity contribution in [2.24, 2.45) is 0 Å². The van der Waals surface area contributed by atoms with E-state index in [0.717, 1.165) is 0 Å². The molecule has 0 bridgehead atoms. The molecule has 1 aromatic carbocycles. The summed E-state index contributed by atoms with van der Waals surface area (Å²) >= 11 is 0. The van der Waals surface area contributed by atoms with E-state index in [1.165, 1.54) is 0 Å². The van der Waals surface area contributed by atoms with Gasteiger partial charge < -0.3 is 10.5 Å². The number of para-hydroxylation sites is 1. The zero-order chi connectivity index (χ0) is 11.5. The third-order valence-corrected chi connectivity index (χ3v) is 2.31. The van der Waals surface area contributed by atoms with Crippen LogP contribution in [0.5, 0.6) is 5.75 Å². The number of benzene rings is 1. The first-order valence-electron chi connectivity index (χ1n) is 4.99. The Kier molecular flexibility index (Phi) is 2.68. The van der Waals surface area contributed by atoms with Crippen LogP contribution in [0, 0.1) is 5.41 Å². The predicted octanol–water partition coefficient (Wildman–Crippen LogP) is 2.84. The lowest BCUT2D eigenvalue weighted by atomic mass is 10.1. The highest BCUT2D eigenvalue weighted by atomic mass is 16.3. The minimum atomic E-state index is 0.204. The fourth-order valence-corrected chi connectivity index (χ4v) is 1.48. The highest BCUT2D eigenvalue weighted by molar-refractivity contribution is 5.94. The lowest BCUT2D eigenvalue weighted by molar-refractivity contribution is 0.477. The van der Waals surface area contributed by atoms with E-state index in [4.69, 9.17) is 5.41 Å². The van der Waals surface area contributed by atoms with E-state index in [2.05, 4.69) is 4.98 Å². The lowest BCUT2D eigenvalue weighted by Gasteiger charge is -2.05. The molecule has 0 saturated carbocycles. The molecular weight excluding hydrogens is 200 g/mol. The highest BCUT2D eigenvalue weighted by Crippen LogP contribution is 2.26. The summed E-state index contributed by atoms with van der Waals surface area (Å²) in [4.78, 5) is 4.32. The predicted molar refractivity (Wildman–Crippen MR) is 63.8 cm³/mol. The monoisotopic (exact) mass is 212 g/mol. The molecule has 2 N–H and O–H groups in total. The van der Waals surface area contributed by atoms with Crippen molar-refractivity contribution in [3.05, 3.63) is 48.2 Å². The van der Waals surface area contributed by atoms with Crippen LogP contribution in [0.15, 0.2) is 42.5 Å². The molecular formula is C13H12N2O. The molecule has 0 aliphatic rings. The lowest BCUT2D eigenvalue weighted by Crippen LogP contribution is -1.97. The van der Waals surface area contributed by atoms with Crippen molar-refractivity contribution in [1.82, 2.24) is 4.98 Å². The molecule has 0 radical (unpaired) electrons. The van der Waals surface area contributed by atoms with Crippen molar-refractivity contribution < 1.29 is 5.11 Å². The quantitative estimate of drug-likeness (QED) is 0.752. The van der Waals surface area contributed by atoms with Crippen molar-refractivity contribution in [2.75, 3.05) is 0 Å². The highest BCUT2D eigenvalue weighted by Gasteiger charge is 2.05. The Morgan fingerprint density at radius 2 is 1.88 bits per heavy atom. The van der Waals surface area contributed by atoms with Gasteiger partial charge in [0.05, 0.1) is 17.1 Å². The van der Waals surface area contributed by atoms with Gasteiger partial charge in [-0.15, -0.1) is 0 Å². The second kappa shape index (κ2) is 4.14. The minimum Gasteiger partial charge on any atom is -0.507 e. The van der Waals surface area contributed by atoms with Gasteiger partial charge in [-0.05, 0) is 31.2 Å². The van der Waals surface area contributed by atoms with Gasteiger partial charge in [-0.25, -0.2) is 4.98 Å². The van der Waals surface area contributed by atoms with Gasteiger partial charge in [0.1, 0.15) is 5.75 Å². The summed E-state index contributed by atoms with van der Waals surface area (Å²) in [6, 6.07) is 12.5. The van der Waals surface area contributed by atoms with Gasteiger partial charge in [-0.2, -0.15) is 0 Å². The van der Waals surface area contributed by atoms with Crippen LogP contribution in [-0.4, -0.2) is 15.8 Å². The molecule has 80 valence electrons. The molecule has 1 aromatic heterocycles. The molecule has 0 saturated heterocycles. The number of aromatic hydroxyl groups is 1. The summed E-state index contributed by atoms with van der Waals surface area (Å²) in [5.41, 5.74) is 2.41. The molecule has 3 heteroatoms. The van der Waals surface area contributed by atoms with Crippen molar-refractivity contribution in [3.63, 3.8) is 0 Å². The Morgan fingerprint density at radius 1 is 1.12 bits per heavy atom. The molecule has 0 spiro atoms. The molecule has 0 aliphatic carbocycles. The largest absolute Gasteiger partial charge is 0.507 e. The average molecular weight is 212 g/mol. The van der Waals surface area contributed by atoms with Gasteiger partial charge in [0.15, 0.2) is 0 Å². The smallest absolute Gasteiger partial charge is 0.124 e. The SMILES string of the molecule is CC(=N)c1cccc(-c2ccccc2O)n1. The zero-order valence-corrected chi connectivity index (χ0v) is 8.94. The normalized spacial score (nSPS) is 10.1. The summed E-state index contributed by atoms with van der Waals surface area (Å²) in [5.74, 6) is 0.204. The summed E-state index contributed by atoms with van der Waals surface area (Å²) < 4.78 is 0. The van der Waals surface area contributed by atoms with Gasteiger partial charge in [-0.1, -0.05) is 18.2 Å². The second-order valence-electron chi connectivity index (χ2n) is 3.55. The van der Waals surface area contributed by atoms with Crippen molar-refractivity contribution >= 4 is 5.71 Å². The number of hydrogen-bond donors (Lipinski definition) is 2. The van der Waals surface area contributed by atoms with E-state index in [-0.39, 0.29) is 5.75 Å². The first kappa shape index (κ1) is 10.4. The zero-order valence-electron chi connectivity index (χ0n) is 8.94. The van der Waals surface area contributed by atoms with Gasteiger partial charge in [0, 0.05) is 5.56 Å². The van der Waals surface area contributed by atoms with E-state index in [1.54, 1.807) is 31.2 Å². The summed E-state index contributed by atoms with van der Waals surface area (Å²) in [6.07, 6.45) is 0. The van der Waals surface area contributed by atoms with Gasteiger partial charge in [0.25, 0.3) is 0 Å². The Morgan fingerprint density at radius 3 is 2.56 bits per heavy atom. The number of phenols is 1. The number of pyridine rings is 1. The van der Waals surface area contributed by atoms with Gasteiger partial charge in [-0.3, -0.25) is 0 Å². The van der Waals surface area contributed by atoms with Gasteiger partial charge in [0.2, 0.25) is 0 Å². The number of aromatic nitrogens is 1. The maximum Gasteiger partial charge on any atom is 0.124 e. The summed E-state index contributed by atoms with van der Waals surface area (Å²) in [6.45, 7) is 1.69. The van der Waals surface area contributed by atoms with Crippen LogP contribution in [0.4, 0.5) is 0 Å². The van der Waals surface area contributed by atoms with Gasteiger partial charge >= 0.3 is 0 Å². The Balaban J connectivity index is 2.53. The van der Waals surface area contributed by atoms with E-state index in [9.17, 15) is 5.11 Å². The van der Waals surface area contributed by atoms with Crippen LogP contribution in [0.3, 0.4) is 0 Å². The Bertz CT molecular complexity index is 535. The fourth-order valence-electron chi connectivity index (χ4n) is 1.48. The molecule has 2 aromatic rings. The second-order valence-corrected chi connectivity index (χ2v) is 3.55. The van der Waals surface area contributed by atoms with Crippen LogP contribution < -0.4 is 0 Å². The summed E-state index contributed by atoms with van der Waals surface area (Å²) in [5, 5.41) is 17.2. The summed E-state index contributed by atoms with van der Waals surface area (Å²) in [7, 11) is 0. The van der Waals surface area contributed by atoms with E-state index in [1.807, 2.05) is 18.2 Å². The molecule has 0 fully saturated rings. The van der Waals surface area contributed by atoms with Crippen LogP contribution in [0.2, 0.25) is 0 Å². The maximum absolute atomic E-state index is 9.70. The number of hydrogen-bond acceptors (Lipinski definition) is 3. The third-order valence-electron chi connectivity index (χ3n) is 2.31. The standard InChI is InChI=1S/C13H12N2O/c1-9(14)11-6-4-7-12(15-11)10-5-2-3-8-13(10)16/h2-8,14,16H,1H3. The van der Waals surface area contributed by atoms with Crippen LogP contribution in [-0.2, 0) is 0 Å². The average Bonchev–Trinajstić information content (AvgIpc) is 2.30. The number of nitrogens with zero attached hydrogens (tertiary/aromatic N) is 1. The number of phenolic OH excluding ortho intramolecular Hbond substituents is 1. The topological polar surface area (TPSA) is 57.0 Å². The molecule has 0 aliphatic heterocycles. The molecule has 2 rings (SSSR count). The molecule has 0 unspecified atom stereocenters. The molecule has 1 heterocycles. The molecule has 0 atom stereocenters. The van der Waals surface area contributed by atoms with E-state index in [0.29, 0.717) is 22.7 Å². The first-order valence-corrected chi connectivity index (χ1v) is 4.99.